The Balaban J connectivity index is 2.28. The van der Waals surface area contributed by atoms with Crippen molar-refractivity contribution < 1.29 is 14.2 Å². The second kappa shape index (κ2) is 9.46. The summed E-state index contributed by atoms with van der Waals surface area (Å²) < 4.78 is 18.0. The summed E-state index contributed by atoms with van der Waals surface area (Å²) in [7, 11) is 6.61. The van der Waals surface area contributed by atoms with E-state index in [1.165, 1.54) is 0 Å². The molecule has 0 saturated carbocycles. The van der Waals surface area contributed by atoms with Crippen molar-refractivity contribution in [3.05, 3.63) is 36.4 Å². The summed E-state index contributed by atoms with van der Waals surface area (Å²) in [5, 5.41) is 14.6. The molecule has 2 rings (SSSR count). The molecule has 1 aromatic carbocycles. The highest BCUT2D eigenvalue weighted by molar-refractivity contribution is 5.94. The Bertz CT molecular complexity index is 790. The number of anilines is 1. The van der Waals surface area contributed by atoms with Crippen LogP contribution < -0.4 is 24.8 Å². The Morgan fingerprint density at radius 2 is 1.85 bits per heavy atom. The Morgan fingerprint density at radius 1 is 1.19 bits per heavy atom. The van der Waals surface area contributed by atoms with Crippen LogP contribution in [0.2, 0.25) is 0 Å². The number of aromatic nitrogens is 3. The van der Waals surface area contributed by atoms with Crippen LogP contribution >= 0.6 is 0 Å². The number of hydrogen-bond donors (Lipinski definition) is 2. The predicted octanol–water partition coefficient (Wildman–Crippen LogP) is 1.89. The fourth-order valence-corrected chi connectivity index (χ4v) is 2.34. The van der Waals surface area contributed by atoms with Crippen molar-refractivity contribution in [2.45, 2.75) is 13.5 Å². The minimum absolute atomic E-state index is 0.369. The van der Waals surface area contributed by atoms with Crippen LogP contribution in [0.15, 0.2) is 29.8 Å². The fourth-order valence-electron chi connectivity index (χ4n) is 2.34. The molecule has 1 heterocycles. The molecule has 9 nitrogen and oxygen atoms in total. The minimum Gasteiger partial charge on any atom is -0.493 e. The number of nitrogens with one attached hydrogen (secondary N) is 2. The topological polar surface area (TPSA) is 94.8 Å². The van der Waals surface area contributed by atoms with E-state index in [0.717, 1.165) is 17.3 Å². The lowest BCUT2D eigenvalue weighted by Gasteiger charge is -2.16. The molecule has 0 aliphatic heterocycles. The fraction of sp³-hybridized carbons (Fsp3) is 0.389. The number of rotatable bonds is 8. The van der Waals surface area contributed by atoms with Crippen molar-refractivity contribution in [2.75, 3.05) is 33.2 Å². The average molecular weight is 374 g/mol. The van der Waals surface area contributed by atoms with Crippen LogP contribution in [0.4, 0.5) is 5.69 Å². The number of hydrogen-bond acceptors (Lipinski definition) is 6. The Hall–Kier alpha value is -3.23. The van der Waals surface area contributed by atoms with E-state index in [1.807, 2.05) is 18.5 Å². The first-order chi connectivity index (χ1) is 13.0. The molecule has 0 radical (unpaired) electrons. The predicted molar refractivity (Wildman–Crippen MR) is 105 cm³/mol. The van der Waals surface area contributed by atoms with Gasteiger partial charge in [0.2, 0.25) is 5.75 Å². The number of nitrogens with zero attached hydrogens (tertiary/aromatic N) is 4. The Morgan fingerprint density at radius 3 is 2.33 bits per heavy atom. The molecule has 0 amide bonds. The van der Waals surface area contributed by atoms with Crippen molar-refractivity contribution in [1.82, 2.24) is 20.1 Å². The van der Waals surface area contributed by atoms with Crippen LogP contribution in [-0.4, -0.2) is 48.6 Å². The largest absolute Gasteiger partial charge is 0.493 e. The van der Waals surface area contributed by atoms with Crippen molar-refractivity contribution in [3.8, 4) is 17.2 Å². The molecule has 0 bridgehead atoms. The van der Waals surface area contributed by atoms with Crippen LogP contribution in [0, 0.1) is 6.92 Å². The van der Waals surface area contributed by atoms with Crippen LogP contribution in [0.3, 0.4) is 0 Å². The standard InChI is InChI=1S/C18H26N6O3/c1-7-8-19-18(20-11-16-23-22-12(2)24(16)3)21-13-9-14(25-4)17(27-6)15(10-13)26-5/h7,9-10H,1,8,11H2,2-6H3,(H2,19,20,21). The minimum atomic E-state index is 0.369. The SMILES string of the molecule is C=CCNC(=NCc1nnc(C)n1C)Nc1cc(OC)c(OC)c(OC)c1. The van der Waals surface area contributed by atoms with E-state index in [2.05, 4.69) is 32.4 Å². The van der Waals surface area contributed by atoms with Gasteiger partial charge in [-0.25, -0.2) is 4.99 Å². The van der Waals surface area contributed by atoms with Crippen LogP contribution in [-0.2, 0) is 13.6 Å². The lowest BCUT2D eigenvalue weighted by molar-refractivity contribution is 0.324. The molecule has 0 fully saturated rings. The van der Waals surface area contributed by atoms with Crippen molar-refractivity contribution in [1.29, 1.82) is 0 Å². The normalized spacial score (nSPS) is 11.1. The quantitative estimate of drug-likeness (QED) is 0.414. The number of benzene rings is 1. The van der Waals surface area contributed by atoms with Gasteiger partial charge in [-0.05, 0) is 6.92 Å². The first-order valence-corrected chi connectivity index (χ1v) is 8.35. The third kappa shape index (κ3) is 4.90. The van der Waals surface area contributed by atoms with Crippen molar-refractivity contribution in [3.63, 3.8) is 0 Å². The van der Waals surface area contributed by atoms with E-state index in [4.69, 9.17) is 14.2 Å². The number of aryl methyl sites for hydroxylation is 1. The highest BCUT2D eigenvalue weighted by atomic mass is 16.5. The van der Waals surface area contributed by atoms with Gasteiger partial charge in [0.05, 0.1) is 21.3 Å². The molecular formula is C18H26N6O3. The molecule has 1 aromatic heterocycles. The molecule has 0 atom stereocenters. The molecule has 146 valence electrons. The third-order valence-electron chi connectivity index (χ3n) is 3.90. The molecule has 2 N–H and O–H groups in total. The first kappa shape index (κ1) is 20.1. The zero-order chi connectivity index (χ0) is 19.8. The first-order valence-electron chi connectivity index (χ1n) is 8.35. The van der Waals surface area contributed by atoms with Crippen LogP contribution in [0.25, 0.3) is 0 Å². The molecule has 9 heteroatoms. The van der Waals surface area contributed by atoms with Gasteiger partial charge in [0.15, 0.2) is 23.3 Å². The van der Waals surface area contributed by atoms with Crippen molar-refractivity contribution in [2.24, 2.45) is 12.0 Å². The Labute approximate surface area is 159 Å². The smallest absolute Gasteiger partial charge is 0.203 e. The van der Waals surface area contributed by atoms with E-state index in [9.17, 15) is 0 Å². The molecule has 2 aromatic rings. The van der Waals surface area contributed by atoms with E-state index in [-0.39, 0.29) is 0 Å². The van der Waals surface area contributed by atoms with Gasteiger partial charge in [0, 0.05) is 31.4 Å². The monoisotopic (exact) mass is 374 g/mol. The summed E-state index contributed by atoms with van der Waals surface area (Å²) in [6.45, 7) is 6.54. The zero-order valence-corrected chi connectivity index (χ0v) is 16.4. The third-order valence-corrected chi connectivity index (χ3v) is 3.90. The maximum Gasteiger partial charge on any atom is 0.203 e. The summed E-state index contributed by atoms with van der Waals surface area (Å²) in [5.74, 6) is 3.77. The van der Waals surface area contributed by atoms with Gasteiger partial charge < -0.3 is 29.4 Å². The van der Waals surface area contributed by atoms with Gasteiger partial charge in [0.25, 0.3) is 0 Å². The van der Waals surface area contributed by atoms with Crippen LogP contribution in [0.1, 0.15) is 11.6 Å². The maximum absolute atomic E-state index is 5.39. The van der Waals surface area contributed by atoms with Gasteiger partial charge >= 0.3 is 0 Å². The second-order valence-electron chi connectivity index (χ2n) is 5.60. The van der Waals surface area contributed by atoms with Gasteiger partial charge in [-0.2, -0.15) is 0 Å². The highest BCUT2D eigenvalue weighted by Gasteiger charge is 2.14. The molecule has 0 spiro atoms. The summed E-state index contributed by atoms with van der Waals surface area (Å²) in [6, 6.07) is 3.61. The molecule has 27 heavy (non-hydrogen) atoms. The van der Waals surface area contributed by atoms with Gasteiger partial charge in [-0.1, -0.05) is 6.08 Å². The van der Waals surface area contributed by atoms with Gasteiger partial charge in [0.1, 0.15) is 12.4 Å². The van der Waals surface area contributed by atoms with Gasteiger partial charge in [-0.15, -0.1) is 16.8 Å². The van der Waals surface area contributed by atoms with Gasteiger partial charge in [-0.3, -0.25) is 0 Å². The van der Waals surface area contributed by atoms with E-state index in [1.54, 1.807) is 39.5 Å². The number of methoxy groups -OCH3 is 3. The lowest BCUT2D eigenvalue weighted by Crippen LogP contribution is -2.31. The molecule has 0 aliphatic rings. The van der Waals surface area contributed by atoms with Crippen molar-refractivity contribution >= 4 is 11.6 Å². The maximum atomic E-state index is 5.39. The van der Waals surface area contributed by atoms with Crippen LogP contribution in [0.5, 0.6) is 17.2 Å². The molecular weight excluding hydrogens is 348 g/mol. The van der Waals surface area contributed by atoms with E-state index >= 15 is 0 Å². The summed E-state index contributed by atoms with van der Waals surface area (Å²) in [6.07, 6.45) is 1.75. The summed E-state index contributed by atoms with van der Waals surface area (Å²) in [5.41, 5.74) is 0.731. The number of aliphatic imine (C=N–C) groups is 1. The second-order valence-corrected chi connectivity index (χ2v) is 5.60. The number of guanidine groups is 1. The Kier molecular flexibility index (Phi) is 7.04. The van der Waals surface area contributed by atoms with E-state index < -0.39 is 0 Å². The summed E-state index contributed by atoms with van der Waals surface area (Å²) >= 11 is 0. The molecule has 0 saturated heterocycles. The lowest BCUT2D eigenvalue weighted by atomic mass is 10.2. The molecule has 0 aliphatic carbocycles. The van der Waals surface area contributed by atoms with E-state index in [0.29, 0.717) is 36.3 Å². The summed E-state index contributed by atoms with van der Waals surface area (Å²) in [4.78, 5) is 4.56. The average Bonchev–Trinajstić information content (AvgIpc) is 3.01. The highest BCUT2D eigenvalue weighted by Crippen LogP contribution is 2.39. The number of ether oxygens (including phenoxy) is 3. The zero-order valence-electron chi connectivity index (χ0n) is 16.4. The molecule has 0 unspecified atom stereocenters.